The number of rotatable bonds is 6. The predicted octanol–water partition coefficient (Wildman–Crippen LogP) is 4.73. The molecular formula is C28H21ClFN5O3. The Morgan fingerprint density at radius 1 is 1.03 bits per heavy atom. The third kappa shape index (κ3) is 5.52. The lowest BCUT2D eigenvalue weighted by Gasteiger charge is -2.28. The molecule has 0 radical (unpaired) electrons. The molecule has 5 rings (SSSR count). The first kappa shape index (κ1) is 25.0. The Balaban J connectivity index is 1.40. The zero-order valence-electron chi connectivity index (χ0n) is 19.9. The van der Waals surface area contributed by atoms with Crippen molar-refractivity contribution >= 4 is 40.8 Å². The van der Waals surface area contributed by atoms with Crippen LogP contribution in [-0.2, 0) is 17.8 Å². The molecule has 3 amide bonds. The Kier molecular flexibility index (Phi) is 7.10. The van der Waals surface area contributed by atoms with Crippen molar-refractivity contribution in [2.45, 2.75) is 19.0 Å². The summed E-state index contributed by atoms with van der Waals surface area (Å²) in [6.45, 7) is 0.118. The van der Waals surface area contributed by atoms with Crippen LogP contribution < -0.4 is 10.6 Å². The summed E-state index contributed by atoms with van der Waals surface area (Å²) in [5.41, 5.74) is 2.41. The maximum absolute atomic E-state index is 13.7. The molecule has 0 bridgehead atoms. The summed E-state index contributed by atoms with van der Waals surface area (Å²) in [6.07, 6.45) is 2.86. The lowest BCUT2D eigenvalue weighted by atomic mass is 10.0. The number of halogens is 2. The summed E-state index contributed by atoms with van der Waals surface area (Å²) in [4.78, 5) is 49.2. The molecule has 1 atom stereocenters. The summed E-state index contributed by atoms with van der Waals surface area (Å²) in [5, 5.41) is 5.84. The summed E-state index contributed by atoms with van der Waals surface area (Å²) < 4.78 is 13.1. The van der Waals surface area contributed by atoms with E-state index in [2.05, 4.69) is 20.6 Å². The number of carbonyl (C=O) groups excluding carboxylic acids is 3. The number of hydrogen-bond acceptors (Lipinski definition) is 5. The van der Waals surface area contributed by atoms with Crippen LogP contribution in [0.3, 0.4) is 0 Å². The summed E-state index contributed by atoms with van der Waals surface area (Å²) in [7, 11) is 0. The second-order valence-corrected chi connectivity index (χ2v) is 9.10. The van der Waals surface area contributed by atoms with Crippen LogP contribution in [0.15, 0.2) is 85.2 Å². The van der Waals surface area contributed by atoms with Gasteiger partial charge in [-0.2, -0.15) is 0 Å². The number of carbonyl (C=O) groups is 3. The Hall–Kier alpha value is -4.63. The molecule has 0 fully saturated rings. The van der Waals surface area contributed by atoms with Gasteiger partial charge in [0.2, 0.25) is 5.91 Å². The van der Waals surface area contributed by atoms with E-state index in [-0.39, 0.29) is 30.6 Å². The van der Waals surface area contributed by atoms with E-state index in [1.54, 1.807) is 60.8 Å². The minimum Gasteiger partial charge on any atom is -0.323 e. The van der Waals surface area contributed by atoms with Crippen molar-refractivity contribution in [1.29, 1.82) is 0 Å². The van der Waals surface area contributed by atoms with E-state index in [4.69, 9.17) is 11.6 Å². The van der Waals surface area contributed by atoms with Crippen LogP contribution in [0.5, 0.6) is 0 Å². The van der Waals surface area contributed by atoms with Crippen LogP contribution >= 0.6 is 11.6 Å². The van der Waals surface area contributed by atoms with E-state index in [0.717, 1.165) is 6.20 Å². The molecule has 4 aromatic rings. The molecule has 1 aliphatic heterocycles. The predicted molar refractivity (Wildman–Crippen MR) is 140 cm³/mol. The number of nitrogens with one attached hydrogen (secondary N) is 2. The van der Waals surface area contributed by atoms with Crippen LogP contribution in [0.25, 0.3) is 0 Å². The zero-order chi connectivity index (χ0) is 26.6. The Morgan fingerprint density at radius 3 is 2.55 bits per heavy atom. The molecule has 38 heavy (non-hydrogen) atoms. The minimum absolute atomic E-state index is 0.118. The quantitative estimate of drug-likeness (QED) is 0.376. The fourth-order valence-corrected chi connectivity index (χ4v) is 4.33. The van der Waals surface area contributed by atoms with Crippen molar-refractivity contribution in [3.8, 4) is 0 Å². The van der Waals surface area contributed by atoms with Gasteiger partial charge in [-0.3, -0.25) is 19.4 Å². The van der Waals surface area contributed by atoms with Gasteiger partial charge >= 0.3 is 0 Å². The topological polar surface area (TPSA) is 104 Å². The van der Waals surface area contributed by atoms with Crippen LogP contribution in [-0.4, -0.2) is 38.6 Å². The van der Waals surface area contributed by atoms with Gasteiger partial charge in [0.1, 0.15) is 17.7 Å². The Bertz CT molecular complexity index is 1500. The highest BCUT2D eigenvalue weighted by molar-refractivity contribution is 6.31. The normalized spacial score (nSPS) is 14.9. The van der Waals surface area contributed by atoms with E-state index in [0.29, 0.717) is 33.1 Å². The third-order valence-electron chi connectivity index (χ3n) is 6.08. The second-order valence-electron chi connectivity index (χ2n) is 8.67. The number of anilines is 2. The van der Waals surface area contributed by atoms with Gasteiger partial charge in [0.05, 0.1) is 17.4 Å². The molecule has 0 aliphatic carbocycles. The van der Waals surface area contributed by atoms with Crippen molar-refractivity contribution in [2.75, 3.05) is 10.6 Å². The van der Waals surface area contributed by atoms with Crippen LogP contribution in [0.4, 0.5) is 15.9 Å². The van der Waals surface area contributed by atoms with Gasteiger partial charge in [-0.25, -0.2) is 9.37 Å². The SMILES string of the molecule is O=C(Nc1ccc(F)cn1)c1ccc(CN2C(=O)c3ccc(Cl)cc3NC(=O)C2Cc2ccccn2)cc1. The van der Waals surface area contributed by atoms with Gasteiger partial charge in [-0.1, -0.05) is 29.8 Å². The van der Waals surface area contributed by atoms with E-state index >= 15 is 0 Å². The molecule has 10 heteroatoms. The molecule has 3 heterocycles. The molecule has 2 aromatic carbocycles. The van der Waals surface area contributed by atoms with Gasteiger partial charge in [-0.15, -0.1) is 0 Å². The maximum Gasteiger partial charge on any atom is 0.256 e. The number of nitrogens with zero attached hydrogens (tertiary/aromatic N) is 3. The van der Waals surface area contributed by atoms with Crippen LogP contribution in [0.1, 0.15) is 32.0 Å². The van der Waals surface area contributed by atoms with Crippen LogP contribution in [0.2, 0.25) is 5.02 Å². The van der Waals surface area contributed by atoms with E-state index in [9.17, 15) is 18.8 Å². The molecule has 8 nitrogen and oxygen atoms in total. The number of aromatic nitrogens is 2. The number of hydrogen-bond donors (Lipinski definition) is 2. The fourth-order valence-electron chi connectivity index (χ4n) is 4.16. The molecule has 1 unspecified atom stereocenters. The average Bonchev–Trinajstić information content (AvgIpc) is 3.00. The minimum atomic E-state index is -0.837. The molecule has 0 spiro atoms. The average molecular weight is 530 g/mol. The molecular weight excluding hydrogens is 509 g/mol. The smallest absolute Gasteiger partial charge is 0.256 e. The first-order valence-electron chi connectivity index (χ1n) is 11.7. The lowest BCUT2D eigenvalue weighted by molar-refractivity contribution is -0.120. The van der Waals surface area contributed by atoms with Crippen LogP contribution in [0, 0.1) is 5.82 Å². The van der Waals surface area contributed by atoms with E-state index < -0.39 is 17.8 Å². The van der Waals surface area contributed by atoms with Crippen molar-refractivity contribution < 1.29 is 18.8 Å². The van der Waals surface area contributed by atoms with Gasteiger partial charge in [-0.05, 0) is 60.2 Å². The molecule has 0 saturated heterocycles. The summed E-state index contributed by atoms with van der Waals surface area (Å²) in [5.74, 6) is -1.39. The standard InChI is InChI=1S/C28H21ClFN5O3/c29-19-8-10-22-23(13-19)33-27(37)24(14-21-3-1-2-12-31-21)35(28(22)38)16-17-4-6-18(7-5-17)26(36)34-25-11-9-20(30)15-32-25/h1-13,15,24H,14,16H2,(H,33,37)(H,32,34,36). The first-order chi connectivity index (χ1) is 18.4. The van der Waals surface area contributed by atoms with Gasteiger partial charge in [0, 0.05) is 35.4 Å². The number of pyridine rings is 2. The molecule has 2 N–H and O–H groups in total. The number of amides is 3. The monoisotopic (exact) mass is 529 g/mol. The Labute approximate surface area is 222 Å². The Morgan fingerprint density at radius 2 is 1.84 bits per heavy atom. The first-order valence-corrected chi connectivity index (χ1v) is 12.1. The molecule has 2 aromatic heterocycles. The fraction of sp³-hybridized carbons (Fsp3) is 0.107. The second kappa shape index (κ2) is 10.8. The third-order valence-corrected chi connectivity index (χ3v) is 6.31. The number of benzene rings is 2. The van der Waals surface area contributed by atoms with E-state index in [1.165, 1.54) is 17.0 Å². The van der Waals surface area contributed by atoms with Crippen molar-refractivity contribution in [2.24, 2.45) is 0 Å². The zero-order valence-corrected chi connectivity index (χ0v) is 20.7. The molecule has 0 saturated carbocycles. The van der Waals surface area contributed by atoms with Crippen molar-refractivity contribution in [1.82, 2.24) is 14.9 Å². The highest BCUT2D eigenvalue weighted by atomic mass is 35.5. The highest BCUT2D eigenvalue weighted by Crippen LogP contribution is 2.28. The van der Waals surface area contributed by atoms with E-state index in [1.807, 2.05) is 6.07 Å². The maximum atomic E-state index is 13.7. The lowest BCUT2D eigenvalue weighted by Crippen LogP contribution is -2.46. The van der Waals surface area contributed by atoms with Gasteiger partial charge in [0.25, 0.3) is 11.8 Å². The van der Waals surface area contributed by atoms with Crippen molar-refractivity contribution in [3.05, 3.63) is 118 Å². The van der Waals surface area contributed by atoms with Gasteiger partial charge in [0.15, 0.2) is 0 Å². The molecule has 190 valence electrons. The molecule has 1 aliphatic rings. The highest BCUT2D eigenvalue weighted by Gasteiger charge is 2.36. The van der Waals surface area contributed by atoms with Crippen molar-refractivity contribution in [3.63, 3.8) is 0 Å². The largest absolute Gasteiger partial charge is 0.323 e. The summed E-state index contributed by atoms with van der Waals surface area (Å²) >= 11 is 6.12. The number of fused-ring (bicyclic) bond motifs is 1. The van der Waals surface area contributed by atoms with Gasteiger partial charge < -0.3 is 15.5 Å². The summed E-state index contributed by atoms with van der Waals surface area (Å²) in [6, 6.07) is 18.5.